The molecule has 4 aliphatic rings. The maximum absolute atomic E-state index is 12.7. The maximum atomic E-state index is 12.7. The second kappa shape index (κ2) is 6.16. The summed E-state index contributed by atoms with van der Waals surface area (Å²) >= 11 is 13.2. The van der Waals surface area contributed by atoms with Crippen molar-refractivity contribution < 1.29 is 19.8 Å². The maximum Gasteiger partial charge on any atom is 0.179 e. The summed E-state index contributed by atoms with van der Waals surface area (Å²) < 4.78 is 0. The van der Waals surface area contributed by atoms with E-state index in [0.29, 0.717) is 6.42 Å². The van der Waals surface area contributed by atoms with Gasteiger partial charge in [-0.3, -0.25) is 9.59 Å². The molecule has 4 rings (SSSR count). The highest BCUT2D eigenvalue weighted by atomic mass is 35.5. The lowest BCUT2D eigenvalue weighted by Gasteiger charge is -2.63. The lowest BCUT2D eigenvalue weighted by molar-refractivity contribution is -0.175. The van der Waals surface area contributed by atoms with Gasteiger partial charge in [0.15, 0.2) is 11.6 Å². The van der Waals surface area contributed by atoms with E-state index in [1.54, 1.807) is 12.2 Å². The molecule has 28 heavy (non-hydrogen) atoms. The number of Topliss-reactive ketones (excluding diaryl/α,β-unsaturated/α-hetero) is 1. The lowest BCUT2D eigenvalue weighted by Crippen LogP contribution is -2.68. The number of rotatable bonds is 2. The molecule has 0 amide bonds. The summed E-state index contributed by atoms with van der Waals surface area (Å²) in [7, 11) is 0. The molecule has 0 saturated heterocycles. The minimum absolute atomic E-state index is 0.00929. The third-order valence-electron chi connectivity index (χ3n) is 8.77. The van der Waals surface area contributed by atoms with Crippen LogP contribution in [0.4, 0.5) is 0 Å². The summed E-state index contributed by atoms with van der Waals surface area (Å²) in [6.45, 7) is 5.81. The first-order valence-corrected chi connectivity index (χ1v) is 11.0. The molecule has 0 radical (unpaired) electrons. The smallest absolute Gasteiger partial charge is 0.179 e. The second-order valence-electron chi connectivity index (χ2n) is 9.72. The molecule has 2 N–H and O–H groups in total. The van der Waals surface area contributed by atoms with Crippen LogP contribution >= 0.6 is 23.2 Å². The van der Waals surface area contributed by atoms with Crippen molar-refractivity contribution in [1.29, 1.82) is 0 Å². The monoisotopic (exact) mass is 426 g/mol. The number of halogens is 2. The number of carbonyl (C=O) groups is 2. The van der Waals surface area contributed by atoms with Crippen LogP contribution in [0.5, 0.6) is 0 Å². The minimum Gasteiger partial charge on any atom is -0.391 e. The number of aliphatic hydroxyl groups is 2. The first kappa shape index (κ1) is 20.6. The lowest BCUT2D eigenvalue weighted by atomic mass is 9.45. The van der Waals surface area contributed by atoms with Crippen molar-refractivity contribution in [3.8, 4) is 0 Å². The number of alkyl halides is 2. The van der Waals surface area contributed by atoms with Crippen LogP contribution in [-0.4, -0.2) is 44.2 Å². The predicted octanol–water partition coefficient (Wildman–Crippen LogP) is 3.41. The zero-order valence-electron chi connectivity index (χ0n) is 16.5. The molecule has 0 spiro atoms. The first-order chi connectivity index (χ1) is 13.0. The van der Waals surface area contributed by atoms with E-state index in [-0.39, 0.29) is 41.6 Å². The van der Waals surface area contributed by atoms with Crippen molar-refractivity contribution in [1.82, 2.24) is 0 Å². The Labute approximate surface area is 176 Å². The van der Waals surface area contributed by atoms with Gasteiger partial charge >= 0.3 is 0 Å². The summed E-state index contributed by atoms with van der Waals surface area (Å²) in [5.74, 6) is -1.00. The largest absolute Gasteiger partial charge is 0.391 e. The van der Waals surface area contributed by atoms with E-state index in [9.17, 15) is 19.8 Å². The fraction of sp³-hybridized carbons (Fsp3) is 0.727. The Morgan fingerprint density at radius 1 is 1.32 bits per heavy atom. The van der Waals surface area contributed by atoms with Gasteiger partial charge in [0.25, 0.3) is 0 Å². The Morgan fingerprint density at radius 3 is 2.64 bits per heavy atom. The Hall–Kier alpha value is -0.680. The number of aliphatic hydroxyl groups excluding tert-OH is 1. The van der Waals surface area contributed by atoms with Crippen LogP contribution in [0.15, 0.2) is 23.8 Å². The molecule has 4 nitrogen and oxygen atoms in total. The predicted molar refractivity (Wildman–Crippen MR) is 108 cm³/mol. The van der Waals surface area contributed by atoms with E-state index in [2.05, 4.69) is 0 Å². The minimum atomic E-state index is -1.56. The van der Waals surface area contributed by atoms with Crippen molar-refractivity contribution in [2.24, 2.45) is 28.6 Å². The van der Waals surface area contributed by atoms with Crippen molar-refractivity contribution in [2.75, 3.05) is 5.88 Å². The van der Waals surface area contributed by atoms with Crippen LogP contribution in [0.25, 0.3) is 0 Å². The molecular weight excluding hydrogens is 399 g/mol. The molecule has 8 atom stereocenters. The Kier molecular flexibility index (Phi) is 4.53. The number of hydrogen-bond acceptors (Lipinski definition) is 4. The van der Waals surface area contributed by atoms with Gasteiger partial charge in [-0.2, -0.15) is 0 Å². The molecule has 0 unspecified atom stereocenters. The normalized spacial score (nSPS) is 52.5. The standard InChI is InChI=1S/C22H28Cl2O4/c1-12-8-16-15-5-4-13-9-14(25)6-7-19(13,2)21(15,24)17(26)10-20(16,3)22(12,28)18(27)11-23/h6-7,9,12,15-17,26,28H,4-5,8,10-11H2,1-3H3/t12-,15-,16+,17+,19+,20+,21+,22+/m1/s1. The van der Waals surface area contributed by atoms with Gasteiger partial charge in [-0.15, -0.1) is 23.2 Å². The highest BCUT2D eigenvalue weighted by Gasteiger charge is 2.74. The number of allylic oxidation sites excluding steroid dienone is 4. The SMILES string of the molecule is C[C@@H]1C[C@H]2[C@H]3CCC4=CC(=O)C=C[C@]4(C)[C@@]3(Cl)[C@@H](O)C[C@]2(C)[C@@]1(O)C(=O)CCl. The summed E-state index contributed by atoms with van der Waals surface area (Å²) in [6.07, 6.45) is 6.47. The molecule has 154 valence electrons. The van der Waals surface area contributed by atoms with Crippen molar-refractivity contribution >= 4 is 34.8 Å². The third-order valence-corrected chi connectivity index (χ3v) is 9.94. The fourth-order valence-electron chi connectivity index (χ4n) is 7.24. The average Bonchev–Trinajstić information content (AvgIpc) is 2.84. The molecule has 3 fully saturated rings. The van der Waals surface area contributed by atoms with Crippen molar-refractivity contribution in [3.63, 3.8) is 0 Å². The van der Waals surface area contributed by atoms with E-state index in [1.165, 1.54) is 0 Å². The summed E-state index contributed by atoms with van der Waals surface area (Å²) in [6, 6.07) is 0. The molecule has 0 aromatic carbocycles. The van der Waals surface area contributed by atoms with Crippen LogP contribution in [-0.2, 0) is 9.59 Å². The third kappa shape index (κ3) is 2.16. The molecule has 6 heteroatoms. The molecule has 0 heterocycles. The van der Waals surface area contributed by atoms with Gasteiger partial charge in [0, 0.05) is 10.8 Å². The summed E-state index contributed by atoms with van der Waals surface area (Å²) in [4.78, 5) is 23.7. The zero-order valence-corrected chi connectivity index (χ0v) is 18.1. The van der Waals surface area contributed by atoms with Gasteiger partial charge < -0.3 is 10.2 Å². The highest BCUT2D eigenvalue weighted by Crippen LogP contribution is 2.71. The number of carbonyl (C=O) groups excluding carboxylic acids is 2. The highest BCUT2D eigenvalue weighted by molar-refractivity contribution is 6.29. The van der Waals surface area contributed by atoms with Gasteiger partial charge in [0.05, 0.1) is 16.9 Å². The van der Waals surface area contributed by atoms with E-state index >= 15 is 0 Å². The Bertz CT molecular complexity index is 806. The van der Waals surface area contributed by atoms with Crippen LogP contribution in [0, 0.1) is 28.6 Å². The van der Waals surface area contributed by atoms with E-state index < -0.39 is 27.4 Å². The van der Waals surface area contributed by atoms with E-state index in [1.807, 2.05) is 26.8 Å². The Balaban J connectivity index is 1.84. The van der Waals surface area contributed by atoms with E-state index in [0.717, 1.165) is 18.4 Å². The van der Waals surface area contributed by atoms with Crippen LogP contribution in [0.2, 0.25) is 0 Å². The van der Waals surface area contributed by atoms with Crippen LogP contribution < -0.4 is 0 Å². The fourth-order valence-corrected chi connectivity index (χ4v) is 7.97. The Morgan fingerprint density at radius 2 is 2.00 bits per heavy atom. The van der Waals surface area contributed by atoms with Gasteiger partial charge in [-0.05, 0) is 55.6 Å². The van der Waals surface area contributed by atoms with Gasteiger partial charge in [0.1, 0.15) is 5.60 Å². The summed E-state index contributed by atoms with van der Waals surface area (Å²) in [5.41, 5.74) is -2.01. The quantitative estimate of drug-likeness (QED) is 0.663. The second-order valence-corrected chi connectivity index (χ2v) is 10.6. The molecular formula is C22H28Cl2O4. The molecule has 3 saturated carbocycles. The summed E-state index contributed by atoms with van der Waals surface area (Å²) in [5, 5.41) is 22.9. The number of hydrogen-bond donors (Lipinski definition) is 2. The van der Waals surface area contributed by atoms with Gasteiger partial charge in [-0.1, -0.05) is 32.4 Å². The first-order valence-electron chi connectivity index (χ1n) is 10.1. The van der Waals surface area contributed by atoms with Crippen LogP contribution in [0.3, 0.4) is 0 Å². The number of ketones is 2. The van der Waals surface area contributed by atoms with Gasteiger partial charge in [-0.25, -0.2) is 0 Å². The van der Waals surface area contributed by atoms with Crippen molar-refractivity contribution in [2.45, 2.75) is 63.0 Å². The molecule has 0 aromatic rings. The molecule has 4 aliphatic carbocycles. The molecule has 0 aromatic heterocycles. The number of fused-ring (bicyclic) bond motifs is 5. The van der Waals surface area contributed by atoms with Crippen LogP contribution in [0.1, 0.15) is 46.5 Å². The van der Waals surface area contributed by atoms with Crippen molar-refractivity contribution in [3.05, 3.63) is 23.8 Å². The zero-order chi connectivity index (χ0) is 20.7. The average molecular weight is 427 g/mol. The topological polar surface area (TPSA) is 74.6 Å². The van der Waals surface area contributed by atoms with E-state index in [4.69, 9.17) is 23.2 Å². The molecule has 0 bridgehead atoms. The molecule has 0 aliphatic heterocycles. The van der Waals surface area contributed by atoms with Gasteiger partial charge in [0.2, 0.25) is 0 Å².